The molecule has 128 valence electrons. The van der Waals surface area contributed by atoms with E-state index in [4.69, 9.17) is 0 Å². The van der Waals surface area contributed by atoms with Gasteiger partial charge in [-0.05, 0) is 29.8 Å². The molecule has 0 bridgehead atoms. The minimum Gasteiger partial charge on any atom is -0.324 e. The first kappa shape index (κ1) is 18.0. The Morgan fingerprint density at radius 2 is 1.88 bits per heavy atom. The number of carbonyl (C=O) groups excluding carboxylic acids is 1. The predicted molar refractivity (Wildman–Crippen MR) is 89.1 cm³/mol. The van der Waals surface area contributed by atoms with E-state index in [0.717, 1.165) is 11.8 Å². The van der Waals surface area contributed by atoms with E-state index in [1.807, 2.05) is 0 Å². The van der Waals surface area contributed by atoms with Gasteiger partial charge in [0.15, 0.2) is 0 Å². The van der Waals surface area contributed by atoms with Gasteiger partial charge in [-0.1, -0.05) is 12.1 Å². The largest absolute Gasteiger partial charge is 0.324 e. The van der Waals surface area contributed by atoms with Gasteiger partial charge in [-0.2, -0.15) is 4.31 Å². The minimum atomic E-state index is -3.48. The number of hydrogen-bond donors (Lipinski definition) is 1. The maximum atomic E-state index is 13.5. The van der Waals surface area contributed by atoms with Gasteiger partial charge in [0.05, 0.1) is 11.9 Å². The summed E-state index contributed by atoms with van der Waals surface area (Å²) in [5.74, 6) is -0.994. The average molecular weight is 351 g/mol. The van der Waals surface area contributed by atoms with Gasteiger partial charge in [0.1, 0.15) is 5.82 Å². The highest BCUT2D eigenvalue weighted by atomic mass is 32.2. The third-order valence-corrected chi connectivity index (χ3v) is 4.56. The third kappa shape index (κ3) is 5.39. The fraction of sp³-hybridized carbons (Fsp3) is 0.250. The summed E-state index contributed by atoms with van der Waals surface area (Å²) in [6, 6.07) is 9.21. The Morgan fingerprint density at radius 1 is 1.21 bits per heavy atom. The molecule has 24 heavy (non-hydrogen) atoms. The Hall–Kier alpha value is -2.32. The lowest BCUT2D eigenvalue weighted by molar-refractivity contribution is -0.116. The summed E-state index contributed by atoms with van der Waals surface area (Å²) in [7, 11) is -3.48. The van der Waals surface area contributed by atoms with Crippen molar-refractivity contribution in [2.24, 2.45) is 0 Å². The van der Waals surface area contributed by atoms with Crippen LogP contribution in [0.5, 0.6) is 0 Å². The zero-order valence-electron chi connectivity index (χ0n) is 13.1. The number of nitrogens with one attached hydrogen (secondary N) is 1. The van der Waals surface area contributed by atoms with E-state index < -0.39 is 21.7 Å². The number of nitrogens with zero attached hydrogens (tertiary/aromatic N) is 2. The maximum Gasteiger partial charge on any atom is 0.225 e. The van der Waals surface area contributed by atoms with E-state index >= 15 is 0 Å². The Morgan fingerprint density at radius 3 is 2.50 bits per heavy atom. The van der Waals surface area contributed by atoms with Crippen molar-refractivity contribution in [3.8, 4) is 0 Å². The molecule has 0 atom stereocenters. The predicted octanol–water partition coefficient (Wildman–Crippen LogP) is 2.01. The maximum absolute atomic E-state index is 13.5. The van der Waals surface area contributed by atoms with Crippen LogP contribution in [0.2, 0.25) is 0 Å². The fourth-order valence-corrected chi connectivity index (χ4v) is 2.86. The number of para-hydroxylation sites is 1. The molecule has 0 saturated heterocycles. The average Bonchev–Trinajstić information content (AvgIpc) is 2.53. The number of carbonyl (C=O) groups is 1. The van der Waals surface area contributed by atoms with E-state index in [9.17, 15) is 17.6 Å². The summed E-state index contributed by atoms with van der Waals surface area (Å²) in [5.41, 5.74) is 0.840. The highest BCUT2D eigenvalue weighted by Crippen LogP contribution is 2.13. The molecule has 0 aliphatic rings. The van der Waals surface area contributed by atoms with E-state index in [0.29, 0.717) is 0 Å². The summed E-state index contributed by atoms with van der Waals surface area (Å²) < 4.78 is 38.5. The van der Waals surface area contributed by atoms with Crippen molar-refractivity contribution in [1.29, 1.82) is 0 Å². The fourth-order valence-electron chi connectivity index (χ4n) is 2.06. The summed E-state index contributed by atoms with van der Waals surface area (Å²) in [5, 5.41) is 2.44. The van der Waals surface area contributed by atoms with E-state index in [1.165, 1.54) is 22.5 Å². The Balaban J connectivity index is 1.98. The van der Waals surface area contributed by atoms with Gasteiger partial charge < -0.3 is 5.32 Å². The van der Waals surface area contributed by atoms with Crippen molar-refractivity contribution in [1.82, 2.24) is 9.29 Å². The number of hydrogen-bond acceptors (Lipinski definition) is 4. The zero-order valence-corrected chi connectivity index (χ0v) is 14.0. The number of anilines is 1. The Bertz CT molecular complexity index is 797. The van der Waals surface area contributed by atoms with Crippen molar-refractivity contribution in [3.05, 3.63) is 60.2 Å². The first-order valence-electron chi connectivity index (χ1n) is 7.24. The van der Waals surface area contributed by atoms with Gasteiger partial charge in [-0.15, -0.1) is 0 Å². The monoisotopic (exact) mass is 351 g/mol. The molecule has 2 rings (SSSR count). The van der Waals surface area contributed by atoms with Gasteiger partial charge in [-0.3, -0.25) is 9.78 Å². The molecule has 0 unspecified atom stereocenters. The first-order valence-corrected chi connectivity index (χ1v) is 9.09. The lowest BCUT2D eigenvalue weighted by Gasteiger charge is -2.19. The highest BCUT2D eigenvalue weighted by Gasteiger charge is 2.18. The molecular formula is C16H18FN3O3S. The molecule has 1 aromatic carbocycles. The van der Waals surface area contributed by atoms with Gasteiger partial charge in [-0.25, -0.2) is 12.8 Å². The van der Waals surface area contributed by atoms with Crippen LogP contribution in [0, 0.1) is 5.82 Å². The molecule has 1 aromatic heterocycles. The highest BCUT2D eigenvalue weighted by molar-refractivity contribution is 7.88. The summed E-state index contributed by atoms with van der Waals surface area (Å²) in [4.78, 5) is 15.8. The second-order valence-electron chi connectivity index (χ2n) is 5.23. The van der Waals surface area contributed by atoms with Gasteiger partial charge in [0, 0.05) is 31.9 Å². The molecule has 0 spiro atoms. The SMILES string of the molecule is CS(=O)(=O)N(CCC(=O)Nc1ccccc1F)Cc1ccncc1. The quantitative estimate of drug-likeness (QED) is 0.828. The summed E-state index contributed by atoms with van der Waals surface area (Å²) in [6.07, 6.45) is 4.15. The molecule has 0 aliphatic heterocycles. The molecular weight excluding hydrogens is 333 g/mol. The number of aromatic nitrogens is 1. The van der Waals surface area contributed by atoms with Crippen molar-refractivity contribution < 1.29 is 17.6 Å². The smallest absolute Gasteiger partial charge is 0.225 e. The summed E-state index contributed by atoms with van der Waals surface area (Å²) in [6.45, 7) is 0.149. The number of benzene rings is 1. The van der Waals surface area contributed by atoms with Crippen LogP contribution in [0.4, 0.5) is 10.1 Å². The number of amides is 1. The van der Waals surface area contributed by atoms with Gasteiger partial charge in [0.2, 0.25) is 15.9 Å². The van der Waals surface area contributed by atoms with E-state index in [1.54, 1.807) is 30.6 Å². The van der Waals surface area contributed by atoms with Crippen LogP contribution < -0.4 is 5.32 Å². The van der Waals surface area contributed by atoms with Crippen LogP contribution in [-0.4, -0.2) is 36.4 Å². The number of rotatable bonds is 7. The van der Waals surface area contributed by atoms with Gasteiger partial charge in [0.25, 0.3) is 0 Å². The summed E-state index contributed by atoms with van der Waals surface area (Å²) >= 11 is 0. The lowest BCUT2D eigenvalue weighted by atomic mass is 10.2. The topological polar surface area (TPSA) is 79.4 Å². The molecule has 0 aliphatic carbocycles. The molecule has 0 saturated carbocycles. The normalized spacial score (nSPS) is 11.5. The number of pyridine rings is 1. The standard InChI is InChI=1S/C16H18FN3O3S/c1-24(22,23)20(12-13-6-9-18-10-7-13)11-8-16(21)19-15-5-3-2-4-14(15)17/h2-7,9-10H,8,11-12H2,1H3,(H,19,21). The Labute approximate surface area is 140 Å². The second-order valence-corrected chi connectivity index (χ2v) is 7.21. The van der Waals surface area contributed by atoms with Crippen LogP contribution in [0.15, 0.2) is 48.8 Å². The van der Waals surface area contributed by atoms with Crippen LogP contribution in [0.1, 0.15) is 12.0 Å². The molecule has 1 heterocycles. The number of halogens is 1. The molecule has 1 amide bonds. The second kappa shape index (κ2) is 7.98. The minimum absolute atomic E-state index is 0.00143. The molecule has 1 N–H and O–H groups in total. The molecule has 0 radical (unpaired) electrons. The van der Waals surface area contributed by atoms with Crippen molar-refractivity contribution in [2.45, 2.75) is 13.0 Å². The molecule has 8 heteroatoms. The van der Waals surface area contributed by atoms with E-state index in [-0.39, 0.29) is 25.2 Å². The van der Waals surface area contributed by atoms with E-state index in [2.05, 4.69) is 10.3 Å². The van der Waals surface area contributed by atoms with Crippen molar-refractivity contribution in [2.75, 3.05) is 18.1 Å². The lowest BCUT2D eigenvalue weighted by Crippen LogP contribution is -2.32. The molecule has 0 fully saturated rings. The van der Waals surface area contributed by atoms with Crippen LogP contribution in [0.3, 0.4) is 0 Å². The third-order valence-electron chi connectivity index (χ3n) is 3.31. The molecule has 6 nitrogen and oxygen atoms in total. The number of sulfonamides is 1. The van der Waals surface area contributed by atoms with Crippen molar-refractivity contribution >= 4 is 21.6 Å². The van der Waals surface area contributed by atoms with Gasteiger partial charge >= 0.3 is 0 Å². The van der Waals surface area contributed by atoms with Crippen LogP contribution in [-0.2, 0) is 21.4 Å². The molecule has 2 aromatic rings. The van der Waals surface area contributed by atoms with Crippen LogP contribution in [0.25, 0.3) is 0 Å². The van der Waals surface area contributed by atoms with Crippen LogP contribution >= 0.6 is 0 Å². The zero-order chi connectivity index (χ0) is 17.6. The van der Waals surface area contributed by atoms with Crippen molar-refractivity contribution in [3.63, 3.8) is 0 Å². The first-order chi connectivity index (χ1) is 11.4. The Kier molecular flexibility index (Phi) is 5.99.